The van der Waals surface area contributed by atoms with E-state index in [1.807, 2.05) is 39.0 Å². The van der Waals surface area contributed by atoms with Crippen LogP contribution in [0.1, 0.15) is 45.2 Å². The van der Waals surface area contributed by atoms with E-state index in [2.05, 4.69) is 5.32 Å². The Morgan fingerprint density at radius 3 is 2.35 bits per heavy atom. The fraction of sp³-hybridized carbons (Fsp3) is 0.263. The molecule has 0 saturated carbocycles. The monoisotopic (exact) mass is 311 g/mol. The smallest absolute Gasteiger partial charge is 0.338 e. The van der Waals surface area contributed by atoms with Crippen molar-refractivity contribution in [2.75, 3.05) is 11.9 Å². The molecule has 4 heteroatoms. The van der Waals surface area contributed by atoms with Crippen molar-refractivity contribution in [3.63, 3.8) is 0 Å². The molecule has 0 saturated heterocycles. The predicted octanol–water partition coefficient (Wildman–Crippen LogP) is 4.12. The van der Waals surface area contributed by atoms with Gasteiger partial charge in [0.15, 0.2) is 0 Å². The second kappa shape index (κ2) is 7.58. The fourth-order valence-electron chi connectivity index (χ4n) is 2.23. The van der Waals surface area contributed by atoms with E-state index in [1.54, 1.807) is 24.3 Å². The largest absolute Gasteiger partial charge is 0.462 e. The Kier molecular flexibility index (Phi) is 5.52. The molecule has 0 atom stereocenters. The number of esters is 1. The maximum atomic E-state index is 12.3. The van der Waals surface area contributed by atoms with Crippen molar-refractivity contribution in [1.29, 1.82) is 0 Å². The molecule has 0 aliphatic carbocycles. The van der Waals surface area contributed by atoms with Gasteiger partial charge in [-0.25, -0.2) is 4.79 Å². The topological polar surface area (TPSA) is 55.4 Å². The summed E-state index contributed by atoms with van der Waals surface area (Å²) in [4.78, 5) is 24.0. The molecule has 0 heterocycles. The molecule has 2 aromatic rings. The molecule has 2 rings (SSSR count). The molecule has 23 heavy (non-hydrogen) atoms. The van der Waals surface area contributed by atoms with Crippen LogP contribution in [0.4, 0.5) is 5.69 Å². The second-order valence-electron chi connectivity index (χ2n) is 5.49. The molecule has 120 valence electrons. The summed E-state index contributed by atoms with van der Waals surface area (Å²) in [5.41, 5.74) is 3.81. The standard InChI is InChI=1S/C19H21NO3/c1-4-11-23-19(22)15-6-8-16(9-7-15)20-18(21)17-10-5-13(2)12-14(17)3/h5-10,12H,4,11H2,1-3H3,(H,20,21). The van der Waals surface area contributed by atoms with Gasteiger partial charge in [0.05, 0.1) is 12.2 Å². The highest BCUT2D eigenvalue weighted by atomic mass is 16.5. The van der Waals surface area contributed by atoms with Crippen LogP contribution in [0.15, 0.2) is 42.5 Å². The number of nitrogens with one attached hydrogen (secondary N) is 1. The van der Waals surface area contributed by atoms with Gasteiger partial charge in [0.2, 0.25) is 0 Å². The Balaban J connectivity index is 2.05. The van der Waals surface area contributed by atoms with E-state index in [1.165, 1.54) is 0 Å². The quantitative estimate of drug-likeness (QED) is 0.845. The van der Waals surface area contributed by atoms with Gasteiger partial charge < -0.3 is 10.1 Å². The molecule has 0 spiro atoms. The van der Waals surface area contributed by atoms with Crippen molar-refractivity contribution in [2.45, 2.75) is 27.2 Å². The van der Waals surface area contributed by atoms with Crippen LogP contribution in [0.5, 0.6) is 0 Å². The van der Waals surface area contributed by atoms with Crippen LogP contribution >= 0.6 is 0 Å². The number of benzene rings is 2. The number of carbonyl (C=O) groups is 2. The van der Waals surface area contributed by atoms with E-state index in [0.29, 0.717) is 23.4 Å². The summed E-state index contributed by atoms with van der Waals surface area (Å²) in [5.74, 6) is -0.511. The molecule has 2 aromatic carbocycles. The summed E-state index contributed by atoms with van der Waals surface area (Å²) in [6.07, 6.45) is 0.787. The molecular weight excluding hydrogens is 290 g/mol. The molecule has 0 aliphatic rings. The lowest BCUT2D eigenvalue weighted by molar-refractivity contribution is 0.0505. The molecule has 0 unspecified atom stereocenters. The number of carbonyl (C=O) groups excluding carboxylic acids is 2. The molecule has 1 amide bonds. The minimum absolute atomic E-state index is 0.163. The summed E-state index contributed by atoms with van der Waals surface area (Å²) in [6.45, 7) is 6.25. The summed E-state index contributed by atoms with van der Waals surface area (Å²) in [5, 5.41) is 2.84. The van der Waals surface area contributed by atoms with Gasteiger partial charge in [-0.2, -0.15) is 0 Å². The van der Waals surface area contributed by atoms with Crippen LogP contribution in [0.25, 0.3) is 0 Å². The van der Waals surface area contributed by atoms with Crippen molar-refractivity contribution in [3.8, 4) is 0 Å². The first-order chi connectivity index (χ1) is 11.0. The zero-order valence-electron chi connectivity index (χ0n) is 13.7. The Bertz CT molecular complexity index is 705. The molecule has 1 N–H and O–H groups in total. The molecular formula is C19H21NO3. The van der Waals surface area contributed by atoms with Crippen molar-refractivity contribution in [1.82, 2.24) is 0 Å². The van der Waals surface area contributed by atoms with Crippen LogP contribution < -0.4 is 5.32 Å². The van der Waals surface area contributed by atoms with Gasteiger partial charge in [-0.3, -0.25) is 4.79 Å². The molecule has 0 bridgehead atoms. The lowest BCUT2D eigenvalue weighted by Gasteiger charge is -2.09. The first-order valence-electron chi connectivity index (χ1n) is 7.67. The minimum Gasteiger partial charge on any atom is -0.462 e. The zero-order valence-corrected chi connectivity index (χ0v) is 13.7. The van der Waals surface area contributed by atoms with Gasteiger partial charge in [0, 0.05) is 11.3 Å². The van der Waals surface area contributed by atoms with E-state index in [9.17, 15) is 9.59 Å². The third-order valence-corrected chi connectivity index (χ3v) is 3.44. The Morgan fingerprint density at radius 1 is 1.04 bits per heavy atom. The average molecular weight is 311 g/mol. The fourth-order valence-corrected chi connectivity index (χ4v) is 2.23. The first kappa shape index (κ1) is 16.7. The van der Waals surface area contributed by atoms with E-state index in [4.69, 9.17) is 4.74 Å². The van der Waals surface area contributed by atoms with Crippen LogP contribution in [0, 0.1) is 13.8 Å². The summed E-state index contributed by atoms with van der Waals surface area (Å²) in [7, 11) is 0. The average Bonchev–Trinajstić information content (AvgIpc) is 2.53. The molecule has 0 radical (unpaired) electrons. The number of hydrogen-bond acceptors (Lipinski definition) is 3. The van der Waals surface area contributed by atoms with Crippen molar-refractivity contribution >= 4 is 17.6 Å². The SMILES string of the molecule is CCCOC(=O)c1ccc(NC(=O)c2ccc(C)cc2C)cc1. The summed E-state index contributed by atoms with van der Waals surface area (Å²) in [6, 6.07) is 12.4. The van der Waals surface area contributed by atoms with E-state index >= 15 is 0 Å². The molecule has 0 aliphatic heterocycles. The summed E-state index contributed by atoms with van der Waals surface area (Å²) >= 11 is 0. The number of aryl methyl sites for hydroxylation is 2. The van der Waals surface area contributed by atoms with Gasteiger partial charge in [-0.15, -0.1) is 0 Å². The Hall–Kier alpha value is -2.62. The predicted molar refractivity (Wildman–Crippen MR) is 90.9 cm³/mol. The highest BCUT2D eigenvalue weighted by molar-refractivity contribution is 6.05. The van der Waals surface area contributed by atoms with Crippen molar-refractivity contribution in [2.24, 2.45) is 0 Å². The Morgan fingerprint density at radius 2 is 1.74 bits per heavy atom. The van der Waals surface area contributed by atoms with Crippen molar-refractivity contribution in [3.05, 3.63) is 64.7 Å². The van der Waals surface area contributed by atoms with Crippen LogP contribution in [-0.4, -0.2) is 18.5 Å². The van der Waals surface area contributed by atoms with Crippen molar-refractivity contribution < 1.29 is 14.3 Å². The van der Waals surface area contributed by atoms with E-state index in [0.717, 1.165) is 17.5 Å². The summed E-state index contributed by atoms with van der Waals surface area (Å²) < 4.78 is 5.07. The maximum absolute atomic E-state index is 12.3. The zero-order chi connectivity index (χ0) is 16.8. The number of rotatable bonds is 5. The van der Waals surface area contributed by atoms with E-state index in [-0.39, 0.29) is 11.9 Å². The van der Waals surface area contributed by atoms with Gasteiger partial charge in [0.25, 0.3) is 5.91 Å². The third kappa shape index (κ3) is 4.42. The van der Waals surface area contributed by atoms with E-state index < -0.39 is 0 Å². The number of ether oxygens (including phenoxy) is 1. The second-order valence-corrected chi connectivity index (χ2v) is 5.49. The van der Waals surface area contributed by atoms with Gasteiger partial charge >= 0.3 is 5.97 Å². The molecule has 4 nitrogen and oxygen atoms in total. The molecule has 0 fully saturated rings. The van der Waals surface area contributed by atoms with Crippen LogP contribution in [-0.2, 0) is 4.74 Å². The van der Waals surface area contributed by atoms with Crippen LogP contribution in [0.2, 0.25) is 0 Å². The number of hydrogen-bond donors (Lipinski definition) is 1. The number of amides is 1. The van der Waals surface area contributed by atoms with Gasteiger partial charge in [0.1, 0.15) is 0 Å². The lowest BCUT2D eigenvalue weighted by Crippen LogP contribution is -2.13. The normalized spacial score (nSPS) is 10.2. The lowest BCUT2D eigenvalue weighted by atomic mass is 10.1. The highest BCUT2D eigenvalue weighted by Gasteiger charge is 2.10. The highest BCUT2D eigenvalue weighted by Crippen LogP contribution is 2.15. The first-order valence-corrected chi connectivity index (χ1v) is 7.67. The number of anilines is 1. The Labute approximate surface area is 136 Å². The van der Waals surface area contributed by atoms with Gasteiger partial charge in [-0.05, 0) is 56.2 Å². The molecule has 0 aromatic heterocycles. The van der Waals surface area contributed by atoms with Crippen LogP contribution in [0.3, 0.4) is 0 Å². The third-order valence-electron chi connectivity index (χ3n) is 3.44. The minimum atomic E-state index is -0.348. The van der Waals surface area contributed by atoms with Gasteiger partial charge in [-0.1, -0.05) is 24.6 Å². The maximum Gasteiger partial charge on any atom is 0.338 e.